The number of amides is 2. The molecule has 1 aromatic heterocycles. The molecule has 23 heavy (non-hydrogen) atoms. The van der Waals surface area contributed by atoms with E-state index in [4.69, 9.17) is 0 Å². The van der Waals surface area contributed by atoms with Gasteiger partial charge in [-0.1, -0.05) is 12.1 Å². The Bertz CT molecular complexity index is 743. The van der Waals surface area contributed by atoms with Crippen molar-refractivity contribution in [3.63, 3.8) is 0 Å². The highest BCUT2D eigenvalue weighted by Crippen LogP contribution is 2.32. The number of nitrogens with one attached hydrogen (secondary N) is 1. The summed E-state index contributed by atoms with van der Waals surface area (Å²) in [6.07, 6.45) is 3.17. The number of anilines is 1. The number of hydrogen-bond acceptors (Lipinski definition) is 3. The van der Waals surface area contributed by atoms with Crippen LogP contribution in [0.15, 0.2) is 36.5 Å². The highest BCUT2D eigenvalue weighted by atomic mass is 19.1. The van der Waals surface area contributed by atoms with Crippen LogP contribution in [-0.4, -0.2) is 33.0 Å². The van der Waals surface area contributed by atoms with Crippen LogP contribution in [0.1, 0.15) is 24.4 Å². The average Bonchev–Trinajstić information content (AvgIpc) is 3.15. The van der Waals surface area contributed by atoms with Crippen molar-refractivity contribution >= 4 is 17.6 Å². The van der Waals surface area contributed by atoms with E-state index in [1.165, 1.54) is 21.7 Å². The SMILES string of the molecule is Cn1ccc(NC(=O)C(=O)N2CCC[C@@H]2c2cccc(F)c2)n1. The number of halogens is 1. The number of carbonyl (C=O) groups excluding carboxylic acids is 2. The number of aromatic nitrogens is 2. The first-order valence-corrected chi connectivity index (χ1v) is 7.41. The number of aryl methyl sites for hydroxylation is 1. The third-order valence-corrected chi connectivity index (χ3v) is 3.90. The monoisotopic (exact) mass is 316 g/mol. The highest BCUT2D eigenvalue weighted by Gasteiger charge is 2.33. The quantitative estimate of drug-likeness (QED) is 0.860. The van der Waals surface area contributed by atoms with Gasteiger partial charge in [0.25, 0.3) is 0 Å². The zero-order valence-electron chi connectivity index (χ0n) is 12.7. The highest BCUT2D eigenvalue weighted by molar-refractivity contribution is 6.39. The average molecular weight is 316 g/mol. The fraction of sp³-hybridized carbons (Fsp3) is 0.312. The maximum absolute atomic E-state index is 13.4. The normalized spacial score (nSPS) is 17.3. The van der Waals surface area contributed by atoms with Crippen LogP contribution in [0.4, 0.5) is 10.2 Å². The number of nitrogens with zero attached hydrogens (tertiary/aromatic N) is 3. The van der Waals surface area contributed by atoms with Crippen molar-refractivity contribution in [2.45, 2.75) is 18.9 Å². The van der Waals surface area contributed by atoms with E-state index >= 15 is 0 Å². The minimum Gasteiger partial charge on any atom is -0.327 e. The number of rotatable bonds is 2. The van der Waals surface area contributed by atoms with Gasteiger partial charge in [-0.3, -0.25) is 14.3 Å². The number of carbonyl (C=O) groups is 2. The van der Waals surface area contributed by atoms with E-state index in [0.717, 1.165) is 6.42 Å². The lowest BCUT2D eigenvalue weighted by molar-refractivity contribution is -0.143. The van der Waals surface area contributed by atoms with Crippen LogP contribution < -0.4 is 5.32 Å². The van der Waals surface area contributed by atoms with Crippen LogP contribution in [0.2, 0.25) is 0 Å². The molecule has 0 unspecified atom stereocenters. The van der Waals surface area contributed by atoms with Crippen LogP contribution >= 0.6 is 0 Å². The Hall–Kier alpha value is -2.70. The predicted octanol–water partition coefficient (Wildman–Crippen LogP) is 1.86. The summed E-state index contributed by atoms with van der Waals surface area (Å²) in [5.74, 6) is -1.37. The van der Waals surface area contributed by atoms with Crippen molar-refractivity contribution in [3.05, 3.63) is 47.9 Å². The van der Waals surface area contributed by atoms with E-state index in [1.54, 1.807) is 31.4 Å². The molecule has 2 aromatic rings. The first kappa shape index (κ1) is 15.2. The van der Waals surface area contributed by atoms with Crippen molar-refractivity contribution in [2.24, 2.45) is 7.05 Å². The maximum atomic E-state index is 13.4. The molecule has 1 aliphatic heterocycles. The van der Waals surface area contributed by atoms with Gasteiger partial charge in [0.1, 0.15) is 5.82 Å². The second-order valence-corrected chi connectivity index (χ2v) is 5.54. The molecule has 6 nitrogen and oxygen atoms in total. The Morgan fingerprint density at radius 2 is 2.17 bits per heavy atom. The first-order valence-electron chi connectivity index (χ1n) is 7.41. The van der Waals surface area contributed by atoms with Gasteiger partial charge in [-0.25, -0.2) is 4.39 Å². The Kier molecular flexibility index (Phi) is 4.10. The Morgan fingerprint density at radius 3 is 2.87 bits per heavy atom. The number of likely N-dealkylation sites (tertiary alicyclic amines) is 1. The zero-order valence-corrected chi connectivity index (χ0v) is 12.7. The lowest BCUT2D eigenvalue weighted by Gasteiger charge is -2.24. The minimum absolute atomic E-state index is 0.271. The first-order chi connectivity index (χ1) is 11.0. The summed E-state index contributed by atoms with van der Waals surface area (Å²) in [7, 11) is 1.72. The van der Waals surface area contributed by atoms with Gasteiger partial charge in [0.05, 0.1) is 6.04 Å². The molecule has 1 atom stereocenters. The Balaban J connectivity index is 1.74. The van der Waals surface area contributed by atoms with Gasteiger partial charge >= 0.3 is 11.8 Å². The molecule has 2 heterocycles. The summed E-state index contributed by atoms with van der Waals surface area (Å²) in [5, 5.41) is 6.50. The molecule has 0 aliphatic carbocycles. The molecule has 3 rings (SSSR count). The fourth-order valence-electron chi connectivity index (χ4n) is 2.85. The largest absolute Gasteiger partial charge is 0.327 e. The van der Waals surface area contributed by atoms with Crippen LogP contribution in [0.3, 0.4) is 0 Å². The van der Waals surface area contributed by atoms with Gasteiger partial charge in [0.15, 0.2) is 5.82 Å². The summed E-state index contributed by atoms with van der Waals surface area (Å²) in [6, 6.07) is 7.49. The van der Waals surface area contributed by atoms with Gasteiger partial charge in [-0.15, -0.1) is 0 Å². The van der Waals surface area contributed by atoms with Gasteiger partial charge in [0.2, 0.25) is 0 Å². The van der Waals surface area contributed by atoms with Crippen LogP contribution in [0, 0.1) is 5.82 Å². The van der Waals surface area contributed by atoms with Gasteiger partial charge in [-0.05, 0) is 30.5 Å². The Labute approximate surface area is 132 Å². The van der Waals surface area contributed by atoms with Gasteiger partial charge in [0, 0.05) is 25.9 Å². The summed E-state index contributed by atoms with van der Waals surface area (Å²) in [6.45, 7) is 0.482. The Morgan fingerprint density at radius 1 is 1.35 bits per heavy atom. The van der Waals surface area contributed by atoms with Crippen LogP contribution in [0.5, 0.6) is 0 Å². The molecule has 0 bridgehead atoms. The van der Waals surface area contributed by atoms with E-state index in [2.05, 4.69) is 10.4 Å². The zero-order chi connectivity index (χ0) is 16.4. The van der Waals surface area contributed by atoms with Crippen molar-refractivity contribution < 1.29 is 14.0 Å². The van der Waals surface area contributed by atoms with Crippen molar-refractivity contribution in [1.82, 2.24) is 14.7 Å². The fourth-order valence-corrected chi connectivity index (χ4v) is 2.85. The lowest BCUT2D eigenvalue weighted by atomic mass is 10.0. The van der Waals surface area contributed by atoms with Crippen LogP contribution in [-0.2, 0) is 16.6 Å². The second kappa shape index (κ2) is 6.20. The van der Waals surface area contributed by atoms with Crippen molar-refractivity contribution in [2.75, 3.05) is 11.9 Å². The van der Waals surface area contributed by atoms with Gasteiger partial charge in [-0.2, -0.15) is 5.10 Å². The van der Waals surface area contributed by atoms with E-state index in [1.807, 2.05) is 0 Å². The molecule has 2 amide bonds. The molecule has 1 aromatic carbocycles. The molecule has 0 saturated carbocycles. The molecule has 7 heteroatoms. The molecule has 0 spiro atoms. The van der Waals surface area contributed by atoms with Crippen molar-refractivity contribution in [3.8, 4) is 0 Å². The number of hydrogen-bond donors (Lipinski definition) is 1. The summed E-state index contributed by atoms with van der Waals surface area (Å²) >= 11 is 0. The van der Waals surface area contributed by atoms with E-state index < -0.39 is 11.8 Å². The van der Waals surface area contributed by atoms with Crippen molar-refractivity contribution in [1.29, 1.82) is 0 Å². The van der Waals surface area contributed by atoms with Crippen LogP contribution in [0.25, 0.3) is 0 Å². The lowest BCUT2D eigenvalue weighted by Crippen LogP contribution is -2.39. The van der Waals surface area contributed by atoms with E-state index in [0.29, 0.717) is 24.3 Å². The van der Waals surface area contributed by atoms with E-state index in [-0.39, 0.29) is 11.9 Å². The summed E-state index contributed by atoms with van der Waals surface area (Å²) in [5.41, 5.74) is 0.710. The third kappa shape index (κ3) is 3.23. The maximum Gasteiger partial charge on any atom is 0.315 e. The smallest absolute Gasteiger partial charge is 0.315 e. The molecular weight excluding hydrogens is 299 g/mol. The summed E-state index contributed by atoms with van der Waals surface area (Å²) in [4.78, 5) is 26.0. The number of benzene rings is 1. The third-order valence-electron chi connectivity index (χ3n) is 3.90. The van der Waals surface area contributed by atoms with Gasteiger partial charge < -0.3 is 10.2 Å². The molecule has 1 N–H and O–H groups in total. The molecular formula is C16H17FN4O2. The van der Waals surface area contributed by atoms with E-state index in [9.17, 15) is 14.0 Å². The standard InChI is InChI=1S/C16H17FN4O2/c1-20-9-7-14(19-20)18-15(22)16(23)21-8-3-6-13(21)11-4-2-5-12(17)10-11/h2,4-5,7,9-10,13H,3,6,8H2,1H3,(H,18,19,22)/t13-/m1/s1. The second-order valence-electron chi connectivity index (χ2n) is 5.54. The minimum atomic E-state index is -0.730. The molecule has 0 radical (unpaired) electrons. The molecule has 1 aliphatic rings. The molecule has 120 valence electrons. The topological polar surface area (TPSA) is 67.2 Å². The molecule has 1 fully saturated rings. The predicted molar refractivity (Wildman–Crippen MR) is 81.9 cm³/mol. The summed E-state index contributed by atoms with van der Waals surface area (Å²) < 4.78 is 14.9. The molecule has 1 saturated heterocycles.